The van der Waals surface area contributed by atoms with E-state index in [1.165, 1.54) is 0 Å². The number of ketones is 1. The highest BCUT2D eigenvalue weighted by molar-refractivity contribution is 5.92. The van der Waals surface area contributed by atoms with Gasteiger partial charge in [-0.05, 0) is 31.7 Å². The summed E-state index contributed by atoms with van der Waals surface area (Å²) < 4.78 is 11.5. The van der Waals surface area contributed by atoms with E-state index in [4.69, 9.17) is 20.2 Å². The second-order valence-electron chi connectivity index (χ2n) is 9.18. The quantitative estimate of drug-likeness (QED) is 0.732. The van der Waals surface area contributed by atoms with Gasteiger partial charge in [-0.1, -0.05) is 13.8 Å². The molecule has 4 rings (SSSR count). The number of nitrogens with zero attached hydrogens (tertiary/aromatic N) is 4. The number of nitrogens with two attached hydrogens (primary N) is 1. The van der Waals surface area contributed by atoms with Crippen molar-refractivity contribution in [2.24, 2.45) is 5.41 Å². The van der Waals surface area contributed by atoms with E-state index in [9.17, 15) is 4.79 Å². The highest BCUT2D eigenvalue weighted by atomic mass is 16.5. The van der Waals surface area contributed by atoms with Gasteiger partial charge in [-0.3, -0.25) is 4.79 Å². The van der Waals surface area contributed by atoms with E-state index in [0.717, 1.165) is 49.2 Å². The van der Waals surface area contributed by atoms with Gasteiger partial charge in [0, 0.05) is 55.8 Å². The standard InChI is InChI=1S/C24H33N5O3/c1-5-31-20-12-18-19(13-21(20)32-6-2)26-23(27-22(18)25)29-9-7-28(8-10-29)16-11-17(30)15-24(3,4)14-16/h11-13H,5-10,14-15H2,1-4H3,(H2,25,26,27). The molecule has 1 aliphatic carbocycles. The second kappa shape index (κ2) is 8.84. The fourth-order valence-corrected chi connectivity index (χ4v) is 4.53. The Labute approximate surface area is 189 Å². The van der Waals surface area contributed by atoms with Gasteiger partial charge in [0.25, 0.3) is 0 Å². The predicted molar refractivity (Wildman–Crippen MR) is 126 cm³/mol. The van der Waals surface area contributed by atoms with Gasteiger partial charge in [-0.2, -0.15) is 4.98 Å². The van der Waals surface area contributed by atoms with Crippen LogP contribution >= 0.6 is 0 Å². The van der Waals surface area contributed by atoms with E-state index in [1.54, 1.807) is 0 Å². The minimum absolute atomic E-state index is 0.0207. The van der Waals surface area contributed by atoms with E-state index >= 15 is 0 Å². The van der Waals surface area contributed by atoms with Crippen molar-refractivity contribution in [2.75, 3.05) is 50.0 Å². The molecule has 0 unspecified atom stereocenters. The number of ether oxygens (including phenoxy) is 2. The van der Waals surface area contributed by atoms with Crippen LogP contribution < -0.4 is 20.1 Å². The minimum Gasteiger partial charge on any atom is -0.490 e. The lowest BCUT2D eigenvalue weighted by atomic mass is 9.78. The zero-order chi connectivity index (χ0) is 22.9. The summed E-state index contributed by atoms with van der Waals surface area (Å²) in [6.45, 7) is 12.5. The molecule has 0 spiro atoms. The summed E-state index contributed by atoms with van der Waals surface area (Å²) >= 11 is 0. The number of aromatic nitrogens is 2. The monoisotopic (exact) mass is 439 g/mol. The van der Waals surface area contributed by atoms with Gasteiger partial charge in [0.1, 0.15) is 5.82 Å². The smallest absolute Gasteiger partial charge is 0.228 e. The lowest BCUT2D eigenvalue weighted by Gasteiger charge is -2.40. The molecular weight excluding hydrogens is 406 g/mol. The number of anilines is 2. The van der Waals surface area contributed by atoms with Crippen molar-refractivity contribution in [2.45, 2.75) is 40.5 Å². The van der Waals surface area contributed by atoms with E-state index in [-0.39, 0.29) is 11.2 Å². The number of rotatable bonds is 6. The van der Waals surface area contributed by atoms with Crippen molar-refractivity contribution >= 4 is 28.5 Å². The molecule has 0 saturated carbocycles. The number of carbonyl (C=O) groups is 1. The summed E-state index contributed by atoms with van der Waals surface area (Å²) in [6, 6.07) is 3.73. The molecule has 1 saturated heterocycles. The molecule has 8 nitrogen and oxygen atoms in total. The van der Waals surface area contributed by atoms with E-state index < -0.39 is 0 Å². The highest BCUT2D eigenvalue weighted by Crippen LogP contribution is 2.36. The van der Waals surface area contributed by atoms with Crippen molar-refractivity contribution in [1.82, 2.24) is 14.9 Å². The molecule has 0 bridgehead atoms. The van der Waals surface area contributed by atoms with Gasteiger partial charge in [-0.15, -0.1) is 0 Å². The van der Waals surface area contributed by atoms with Crippen molar-refractivity contribution in [3.8, 4) is 11.5 Å². The minimum atomic E-state index is 0.0207. The highest BCUT2D eigenvalue weighted by Gasteiger charge is 2.31. The van der Waals surface area contributed by atoms with Crippen LogP contribution in [0.15, 0.2) is 23.9 Å². The Morgan fingerprint density at radius 3 is 2.22 bits per heavy atom. The first-order chi connectivity index (χ1) is 15.3. The molecule has 0 amide bonds. The first-order valence-electron chi connectivity index (χ1n) is 11.4. The van der Waals surface area contributed by atoms with Gasteiger partial charge in [0.05, 0.1) is 18.7 Å². The molecular formula is C24H33N5O3. The molecule has 1 aromatic carbocycles. The Morgan fingerprint density at radius 1 is 0.969 bits per heavy atom. The molecule has 1 aromatic heterocycles. The second-order valence-corrected chi connectivity index (χ2v) is 9.18. The first kappa shape index (κ1) is 22.2. The molecule has 0 atom stereocenters. The van der Waals surface area contributed by atoms with E-state index in [0.29, 0.717) is 42.9 Å². The van der Waals surface area contributed by atoms with Crippen LogP contribution in [0.1, 0.15) is 40.5 Å². The fourth-order valence-electron chi connectivity index (χ4n) is 4.53. The third-order valence-electron chi connectivity index (χ3n) is 5.99. The van der Waals surface area contributed by atoms with Crippen LogP contribution in [0.4, 0.5) is 11.8 Å². The van der Waals surface area contributed by atoms with Crippen LogP contribution in [0, 0.1) is 5.41 Å². The third-order valence-corrected chi connectivity index (χ3v) is 5.99. The topological polar surface area (TPSA) is 93.8 Å². The zero-order valence-electron chi connectivity index (χ0n) is 19.5. The van der Waals surface area contributed by atoms with Crippen molar-refractivity contribution in [3.63, 3.8) is 0 Å². The summed E-state index contributed by atoms with van der Waals surface area (Å²) in [6.07, 6.45) is 3.38. The van der Waals surface area contributed by atoms with Crippen LogP contribution in [0.25, 0.3) is 10.9 Å². The third kappa shape index (κ3) is 4.59. The molecule has 2 aromatic rings. The summed E-state index contributed by atoms with van der Waals surface area (Å²) in [5.74, 6) is 2.58. The summed E-state index contributed by atoms with van der Waals surface area (Å²) in [4.78, 5) is 26.0. The maximum Gasteiger partial charge on any atom is 0.228 e. The maximum absolute atomic E-state index is 12.2. The molecule has 32 heavy (non-hydrogen) atoms. The van der Waals surface area contributed by atoms with Crippen LogP contribution in [-0.4, -0.2) is 60.0 Å². The Balaban J connectivity index is 1.54. The zero-order valence-corrected chi connectivity index (χ0v) is 19.5. The summed E-state index contributed by atoms with van der Waals surface area (Å²) in [7, 11) is 0. The van der Waals surface area contributed by atoms with Gasteiger partial charge in [0.2, 0.25) is 5.95 Å². The molecule has 8 heteroatoms. The number of fused-ring (bicyclic) bond motifs is 1. The molecule has 1 fully saturated rings. The van der Waals surface area contributed by atoms with Gasteiger partial charge >= 0.3 is 0 Å². The van der Waals surface area contributed by atoms with Crippen molar-refractivity contribution < 1.29 is 14.3 Å². The Morgan fingerprint density at radius 2 is 1.59 bits per heavy atom. The van der Waals surface area contributed by atoms with Crippen LogP contribution in [0.3, 0.4) is 0 Å². The van der Waals surface area contributed by atoms with Crippen LogP contribution in [0.5, 0.6) is 11.5 Å². The summed E-state index contributed by atoms with van der Waals surface area (Å²) in [5.41, 5.74) is 8.22. The average Bonchev–Trinajstić information content (AvgIpc) is 2.73. The Kier molecular flexibility index (Phi) is 6.13. The largest absolute Gasteiger partial charge is 0.490 e. The van der Waals surface area contributed by atoms with Crippen molar-refractivity contribution in [1.29, 1.82) is 0 Å². The average molecular weight is 440 g/mol. The maximum atomic E-state index is 12.2. The SMILES string of the molecule is CCOc1cc2nc(N3CCN(C4=CC(=O)CC(C)(C)C4)CC3)nc(N)c2cc1OCC. The predicted octanol–water partition coefficient (Wildman–Crippen LogP) is 3.40. The molecule has 2 heterocycles. The number of benzene rings is 1. The van der Waals surface area contributed by atoms with Gasteiger partial charge < -0.3 is 25.0 Å². The number of piperazine rings is 1. The molecule has 2 aliphatic rings. The number of allylic oxidation sites excluding steroid dienone is 2. The normalized spacial score (nSPS) is 18.6. The first-order valence-corrected chi connectivity index (χ1v) is 11.4. The summed E-state index contributed by atoms with van der Waals surface area (Å²) in [5, 5.41) is 0.757. The lowest BCUT2D eigenvalue weighted by Crippen LogP contribution is -2.47. The molecule has 0 radical (unpaired) electrons. The van der Waals surface area contributed by atoms with E-state index in [1.807, 2.05) is 32.1 Å². The molecule has 2 N–H and O–H groups in total. The number of nitrogen functional groups attached to an aromatic ring is 1. The number of carbonyl (C=O) groups excluding carboxylic acids is 1. The van der Waals surface area contributed by atoms with Crippen LogP contribution in [-0.2, 0) is 4.79 Å². The molecule has 1 aliphatic heterocycles. The van der Waals surface area contributed by atoms with Crippen molar-refractivity contribution in [3.05, 3.63) is 23.9 Å². The molecule has 172 valence electrons. The fraction of sp³-hybridized carbons (Fsp3) is 0.542. The number of hydrogen-bond donors (Lipinski definition) is 1. The van der Waals surface area contributed by atoms with Gasteiger partial charge in [0.15, 0.2) is 17.3 Å². The Bertz CT molecular complexity index is 1040. The van der Waals surface area contributed by atoms with E-state index in [2.05, 4.69) is 28.6 Å². The number of hydrogen-bond acceptors (Lipinski definition) is 8. The van der Waals surface area contributed by atoms with Gasteiger partial charge in [-0.25, -0.2) is 4.98 Å². The van der Waals surface area contributed by atoms with Crippen LogP contribution in [0.2, 0.25) is 0 Å². The lowest BCUT2D eigenvalue weighted by molar-refractivity contribution is -0.117. The Hall–Kier alpha value is -3.03.